The summed E-state index contributed by atoms with van der Waals surface area (Å²) in [7, 11) is -2.17. The normalized spacial score (nSPS) is 11.2. The van der Waals surface area contributed by atoms with Crippen molar-refractivity contribution in [3.8, 4) is 0 Å². The van der Waals surface area contributed by atoms with Crippen LogP contribution in [0.5, 0.6) is 0 Å². The van der Waals surface area contributed by atoms with E-state index in [1.54, 1.807) is 7.05 Å². The lowest BCUT2D eigenvalue weighted by atomic mass is 10.5. The van der Waals surface area contributed by atoms with Gasteiger partial charge in [0.05, 0.1) is 4.90 Å². The molecule has 0 aliphatic carbocycles. The molecule has 10 heteroatoms. The van der Waals surface area contributed by atoms with Crippen LogP contribution in [0.1, 0.15) is 0 Å². The predicted octanol–water partition coefficient (Wildman–Crippen LogP) is -0.703. The minimum atomic E-state index is -3.75. The molecule has 0 aliphatic rings. The van der Waals surface area contributed by atoms with E-state index >= 15 is 0 Å². The van der Waals surface area contributed by atoms with Crippen LogP contribution in [-0.2, 0) is 17.1 Å². The summed E-state index contributed by atoms with van der Waals surface area (Å²) in [5, 5.41) is 3.76. The highest BCUT2D eigenvalue weighted by Gasteiger charge is 2.17. The molecule has 0 aromatic carbocycles. The number of hydrogen-bond acceptors (Lipinski definition) is 7. The first-order valence-corrected chi connectivity index (χ1v) is 6.31. The fraction of sp³-hybridized carbons (Fsp3) is 0.125. The van der Waals surface area contributed by atoms with Crippen LogP contribution in [-0.4, -0.2) is 28.2 Å². The molecule has 0 amide bonds. The molecule has 2 heterocycles. The third-order valence-electron chi connectivity index (χ3n) is 2.13. The third-order valence-corrected chi connectivity index (χ3v) is 3.45. The second-order valence-corrected chi connectivity index (χ2v) is 5.02. The Labute approximate surface area is 103 Å². The fourth-order valence-corrected chi connectivity index (χ4v) is 2.27. The van der Waals surface area contributed by atoms with E-state index in [0.717, 1.165) is 0 Å². The van der Waals surface area contributed by atoms with Gasteiger partial charge < -0.3 is 5.43 Å². The molecule has 18 heavy (non-hydrogen) atoms. The standard InChI is InChI=1S/C8H11N7O2S/c1-15-8(11-5-12-15)14-18(16,17)6-2-3-10-7(4-6)13-9/h2-5H,9H2,1H3,(H,10,13)(H,11,12,14). The number of aromatic nitrogens is 4. The molecule has 0 atom stereocenters. The van der Waals surface area contributed by atoms with Gasteiger partial charge in [-0.15, -0.1) is 0 Å². The van der Waals surface area contributed by atoms with E-state index in [4.69, 9.17) is 5.84 Å². The van der Waals surface area contributed by atoms with E-state index in [9.17, 15) is 8.42 Å². The van der Waals surface area contributed by atoms with Crippen molar-refractivity contribution in [1.29, 1.82) is 0 Å². The van der Waals surface area contributed by atoms with Crippen molar-refractivity contribution in [2.75, 3.05) is 10.1 Å². The topological polar surface area (TPSA) is 128 Å². The summed E-state index contributed by atoms with van der Waals surface area (Å²) in [5.41, 5.74) is 2.27. The average Bonchev–Trinajstić information content (AvgIpc) is 2.74. The maximum absolute atomic E-state index is 12.0. The molecule has 0 unspecified atom stereocenters. The zero-order valence-corrected chi connectivity index (χ0v) is 10.2. The maximum atomic E-state index is 12.0. The highest BCUT2D eigenvalue weighted by atomic mass is 32.2. The number of hydrazine groups is 1. The summed E-state index contributed by atoms with van der Waals surface area (Å²) < 4.78 is 27.7. The Kier molecular flexibility index (Phi) is 3.12. The Morgan fingerprint density at radius 2 is 2.17 bits per heavy atom. The molecule has 0 radical (unpaired) electrons. The van der Waals surface area contributed by atoms with Crippen LogP contribution in [0, 0.1) is 0 Å². The van der Waals surface area contributed by atoms with Crippen molar-refractivity contribution < 1.29 is 8.42 Å². The van der Waals surface area contributed by atoms with Gasteiger partial charge in [-0.25, -0.2) is 28.6 Å². The molecule has 0 saturated carbocycles. The number of nitrogens with two attached hydrogens (primary N) is 1. The molecule has 0 aliphatic heterocycles. The number of sulfonamides is 1. The van der Waals surface area contributed by atoms with Gasteiger partial charge >= 0.3 is 0 Å². The highest BCUT2D eigenvalue weighted by molar-refractivity contribution is 7.92. The van der Waals surface area contributed by atoms with E-state index in [1.807, 2.05) is 0 Å². The van der Waals surface area contributed by atoms with Gasteiger partial charge in [0.15, 0.2) is 0 Å². The average molecular weight is 269 g/mol. The lowest BCUT2D eigenvalue weighted by molar-refractivity contribution is 0.600. The maximum Gasteiger partial charge on any atom is 0.264 e. The molecule has 0 bridgehead atoms. The molecule has 0 fully saturated rings. The van der Waals surface area contributed by atoms with Crippen LogP contribution in [0.25, 0.3) is 0 Å². The minimum Gasteiger partial charge on any atom is -0.308 e. The van der Waals surface area contributed by atoms with E-state index in [0.29, 0.717) is 0 Å². The number of hydrogen-bond donors (Lipinski definition) is 3. The van der Waals surface area contributed by atoms with Gasteiger partial charge in [-0.1, -0.05) is 0 Å². The molecule has 4 N–H and O–H groups in total. The lowest BCUT2D eigenvalue weighted by Gasteiger charge is -2.07. The summed E-state index contributed by atoms with van der Waals surface area (Å²) >= 11 is 0. The van der Waals surface area contributed by atoms with Crippen LogP contribution >= 0.6 is 0 Å². The number of rotatable bonds is 4. The lowest BCUT2D eigenvalue weighted by Crippen LogP contribution is -2.17. The van der Waals surface area contributed by atoms with Crippen LogP contribution in [0.2, 0.25) is 0 Å². The predicted molar refractivity (Wildman–Crippen MR) is 63.9 cm³/mol. The highest BCUT2D eigenvalue weighted by Crippen LogP contribution is 2.15. The van der Waals surface area contributed by atoms with Gasteiger partial charge in [0.2, 0.25) is 5.95 Å². The number of pyridine rings is 1. The number of nitrogens with one attached hydrogen (secondary N) is 2. The van der Waals surface area contributed by atoms with Crippen molar-refractivity contribution in [2.24, 2.45) is 12.9 Å². The van der Waals surface area contributed by atoms with Gasteiger partial charge in [-0.2, -0.15) is 10.1 Å². The van der Waals surface area contributed by atoms with Gasteiger partial charge in [-0.3, -0.25) is 0 Å². The van der Waals surface area contributed by atoms with Gasteiger partial charge in [0.25, 0.3) is 10.0 Å². The Morgan fingerprint density at radius 3 is 2.78 bits per heavy atom. The van der Waals surface area contributed by atoms with E-state index in [1.165, 1.54) is 29.3 Å². The van der Waals surface area contributed by atoms with Gasteiger partial charge in [0.1, 0.15) is 12.1 Å². The van der Waals surface area contributed by atoms with Gasteiger partial charge in [0, 0.05) is 19.3 Å². The second-order valence-electron chi connectivity index (χ2n) is 3.33. The SMILES string of the molecule is Cn1ncnc1NS(=O)(=O)c1ccnc(NN)c1. The summed E-state index contributed by atoms with van der Waals surface area (Å²) in [6.45, 7) is 0. The van der Waals surface area contributed by atoms with E-state index < -0.39 is 10.0 Å². The monoisotopic (exact) mass is 269 g/mol. The zero-order valence-electron chi connectivity index (χ0n) is 9.40. The van der Waals surface area contributed by atoms with Crippen LogP contribution in [0.4, 0.5) is 11.8 Å². The third kappa shape index (κ3) is 2.38. The molecule has 9 nitrogen and oxygen atoms in total. The van der Waals surface area contributed by atoms with Crippen LogP contribution in [0.15, 0.2) is 29.6 Å². The minimum absolute atomic E-state index is 0.0217. The molecular formula is C8H11N7O2S. The smallest absolute Gasteiger partial charge is 0.264 e. The van der Waals surface area contributed by atoms with Crippen LogP contribution in [0.3, 0.4) is 0 Å². The summed E-state index contributed by atoms with van der Waals surface area (Å²) in [4.78, 5) is 7.62. The van der Waals surface area contributed by atoms with Crippen molar-refractivity contribution in [3.05, 3.63) is 24.7 Å². The van der Waals surface area contributed by atoms with Crippen molar-refractivity contribution in [2.45, 2.75) is 4.90 Å². The molecule has 2 aromatic rings. The summed E-state index contributed by atoms with van der Waals surface area (Å²) in [5.74, 6) is 5.53. The molecule has 2 aromatic heterocycles. The zero-order chi connectivity index (χ0) is 13.2. The Balaban J connectivity index is 2.33. The summed E-state index contributed by atoms with van der Waals surface area (Å²) in [6, 6.07) is 2.65. The van der Waals surface area contributed by atoms with Crippen molar-refractivity contribution in [3.63, 3.8) is 0 Å². The second kappa shape index (κ2) is 4.58. The largest absolute Gasteiger partial charge is 0.308 e. The Hall–Kier alpha value is -2.20. The van der Waals surface area contributed by atoms with Crippen molar-refractivity contribution in [1.82, 2.24) is 19.7 Å². The number of aryl methyl sites for hydroxylation is 1. The first-order chi connectivity index (χ1) is 8.53. The van der Waals surface area contributed by atoms with Crippen LogP contribution < -0.4 is 16.0 Å². The Bertz CT molecular complexity index is 651. The number of anilines is 2. The first kappa shape index (κ1) is 12.3. The number of nitrogen functional groups attached to an aromatic ring is 1. The van der Waals surface area contributed by atoms with E-state index in [2.05, 4.69) is 25.2 Å². The molecule has 0 spiro atoms. The van der Waals surface area contributed by atoms with Crippen molar-refractivity contribution >= 4 is 21.8 Å². The van der Waals surface area contributed by atoms with E-state index in [-0.39, 0.29) is 16.7 Å². The summed E-state index contributed by atoms with van der Waals surface area (Å²) in [6.07, 6.45) is 2.58. The van der Waals surface area contributed by atoms with Gasteiger partial charge in [-0.05, 0) is 6.07 Å². The molecule has 0 saturated heterocycles. The molecular weight excluding hydrogens is 258 g/mol. The molecule has 2 rings (SSSR count). The fourth-order valence-electron chi connectivity index (χ4n) is 1.22. The molecule has 96 valence electrons. The first-order valence-electron chi connectivity index (χ1n) is 4.82. The number of nitrogens with zero attached hydrogens (tertiary/aromatic N) is 4. The Morgan fingerprint density at radius 1 is 1.39 bits per heavy atom. The quantitative estimate of drug-likeness (QED) is 0.494.